The average Bonchev–Trinajstić information content (AvgIpc) is 2.95. The van der Waals surface area contributed by atoms with Crippen LogP contribution in [0.2, 0.25) is 0 Å². The van der Waals surface area contributed by atoms with Gasteiger partial charge in [0, 0.05) is 13.1 Å². The second-order valence-electron chi connectivity index (χ2n) is 7.25. The standard InChI is InChI=1S/C16H23NO4/c1-9-7-17(8-16(2,3)21-9)14(18)12-10-4-5-11(6-10)13(12)15(19)20/h4-5,9-13H,6-8H2,1-3H3,(H,19,20)/t9?,10?,11?,12-,13+/m0/s1. The van der Waals surface area contributed by atoms with Crippen LogP contribution in [0.1, 0.15) is 27.2 Å². The summed E-state index contributed by atoms with van der Waals surface area (Å²) in [6, 6.07) is 0. The first-order chi connectivity index (χ1) is 9.78. The van der Waals surface area contributed by atoms with E-state index in [0.29, 0.717) is 13.1 Å². The van der Waals surface area contributed by atoms with Crippen molar-refractivity contribution in [3.63, 3.8) is 0 Å². The fourth-order valence-corrected chi connectivity index (χ4v) is 4.33. The molecule has 3 rings (SSSR count). The van der Waals surface area contributed by atoms with Crippen LogP contribution in [0.25, 0.3) is 0 Å². The molecular weight excluding hydrogens is 270 g/mol. The number of carboxylic acid groups (broad SMARTS) is 1. The molecule has 0 aromatic carbocycles. The Morgan fingerprint density at radius 2 is 1.86 bits per heavy atom. The van der Waals surface area contributed by atoms with Crippen LogP contribution < -0.4 is 0 Å². The molecule has 1 heterocycles. The van der Waals surface area contributed by atoms with E-state index < -0.39 is 17.8 Å². The first kappa shape index (κ1) is 14.6. The van der Waals surface area contributed by atoms with Gasteiger partial charge in [-0.2, -0.15) is 0 Å². The third kappa shape index (κ3) is 2.48. The van der Waals surface area contributed by atoms with Gasteiger partial charge in [-0.1, -0.05) is 12.2 Å². The number of carbonyl (C=O) groups excluding carboxylic acids is 1. The lowest BCUT2D eigenvalue weighted by molar-refractivity contribution is -0.166. The van der Waals surface area contributed by atoms with Crippen LogP contribution in [0.3, 0.4) is 0 Å². The molecule has 0 aromatic rings. The third-order valence-corrected chi connectivity index (χ3v) is 4.91. The number of amides is 1. The largest absolute Gasteiger partial charge is 0.481 e. The molecule has 116 valence electrons. The zero-order chi connectivity index (χ0) is 15.4. The summed E-state index contributed by atoms with van der Waals surface area (Å²) in [5, 5.41) is 9.48. The van der Waals surface area contributed by atoms with Gasteiger partial charge in [0.2, 0.25) is 5.91 Å². The Morgan fingerprint density at radius 1 is 1.24 bits per heavy atom. The van der Waals surface area contributed by atoms with E-state index in [1.165, 1.54) is 0 Å². The van der Waals surface area contributed by atoms with E-state index in [-0.39, 0.29) is 29.4 Å². The highest BCUT2D eigenvalue weighted by Gasteiger charge is 2.53. The van der Waals surface area contributed by atoms with Crippen LogP contribution in [0, 0.1) is 23.7 Å². The molecule has 5 atom stereocenters. The number of rotatable bonds is 2. The predicted molar refractivity (Wildman–Crippen MR) is 76.6 cm³/mol. The Hall–Kier alpha value is -1.36. The number of hydrogen-bond acceptors (Lipinski definition) is 3. The predicted octanol–water partition coefficient (Wildman–Crippen LogP) is 1.54. The molecule has 3 aliphatic rings. The summed E-state index contributed by atoms with van der Waals surface area (Å²) >= 11 is 0. The van der Waals surface area contributed by atoms with Gasteiger partial charge in [-0.3, -0.25) is 9.59 Å². The van der Waals surface area contributed by atoms with E-state index in [1.54, 1.807) is 0 Å². The molecule has 1 aliphatic heterocycles. The molecule has 1 saturated carbocycles. The number of carbonyl (C=O) groups is 2. The van der Waals surface area contributed by atoms with Crippen molar-refractivity contribution in [3.8, 4) is 0 Å². The van der Waals surface area contributed by atoms with Gasteiger partial charge < -0.3 is 14.7 Å². The molecule has 5 nitrogen and oxygen atoms in total. The second kappa shape index (κ2) is 4.83. The molecule has 2 bridgehead atoms. The van der Waals surface area contributed by atoms with E-state index >= 15 is 0 Å². The molecule has 0 aromatic heterocycles. The summed E-state index contributed by atoms with van der Waals surface area (Å²) in [4.78, 5) is 26.3. The molecule has 21 heavy (non-hydrogen) atoms. The Morgan fingerprint density at radius 3 is 2.43 bits per heavy atom. The SMILES string of the molecule is CC1CN(C(=O)[C@H]2C3C=CC(C3)[C@H]2C(=O)O)CC(C)(C)O1. The number of morpholine rings is 1. The molecule has 1 amide bonds. The molecule has 1 N–H and O–H groups in total. The summed E-state index contributed by atoms with van der Waals surface area (Å²) in [6.45, 7) is 6.97. The van der Waals surface area contributed by atoms with E-state index in [4.69, 9.17) is 4.74 Å². The highest BCUT2D eigenvalue weighted by molar-refractivity contribution is 5.87. The van der Waals surface area contributed by atoms with Crippen LogP contribution in [0.4, 0.5) is 0 Å². The normalized spacial score (nSPS) is 40.5. The average molecular weight is 293 g/mol. The number of ether oxygens (including phenoxy) is 1. The summed E-state index contributed by atoms with van der Waals surface area (Å²) in [7, 11) is 0. The van der Waals surface area contributed by atoms with Crippen molar-refractivity contribution in [2.45, 2.75) is 38.9 Å². The first-order valence-electron chi connectivity index (χ1n) is 7.66. The van der Waals surface area contributed by atoms with Crippen molar-refractivity contribution in [2.24, 2.45) is 23.7 Å². The fourth-order valence-electron chi connectivity index (χ4n) is 4.33. The van der Waals surface area contributed by atoms with E-state index in [9.17, 15) is 14.7 Å². The van der Waals surface area contributed by atoms with Gasteiger partial charge in [0.25, 0.3) is 0 Å². The first-order valence-corrected chi connectivity index (χ1v) is 7.66. The maximum atomic E-state index is 12.9. The zero-order valence-corrected chi connectivity index (χ0v) is 12.8. The van der Waals surface area contributed by atoms with Crippen molar-refractivity contribution in [1.82, 2.24) is 4.90 Å². The van der Waals surface area contributed by atoms with Crippen molar-refractivity contribution >= 4 is 11.9 Å². The lowest BCUT2D eigenvalue weighted by atomic mass is 9.81. The highest BCUT2D eigenvalue weighted by atomic mass is 16.5. The summed E-state index contributed by atoms with van der Waals surface area (Å²) in [5.74, 6) is -1.71. The van der Waals surface area contributed by atoms with Crippen LogP contribution in [0.5, 0.6) is 0 Å². The van der Waals surface area contributed by atoms with Crippen LogP contribution in [0.15, 0.2) is 12.2 Å². The Labute approximate surface area is 124 Å². The molecule has 0 spiro atoms. The maximum absolute atomic E-state index is 12.9. The lowest BCUT2D eigenvalue weighted by Gasteiger charge is -2.43. The molecule has 0 radical (unpaired) electrons. The molecule has 1 saturated heterocycles. The molecule has 5 heteroatoms. The number of hydrogen-bond donors (Lipinski definition) is 1. The number of nitrogens with zero attached hydrogens (tertiary/aromatic N) is 1. The quantitative estimate of drug-likeness (QED) is 0.784. The van der Waals surface area contributed by atoms with Crippen molar-refractivity contribution in [3.05, 3.63) is 12.2 Å². The van der Waals surface area contributed by atoms with Crippen molar-refractivity contribution in [1.29, 1.82) is 0 Å². The van der Waals surface area contributed by atoms with E-state index in [1.807, 2.05) is 37.8 Å². The number of allylic oxidation sites excluding steroid dienone is 2. The minimum atomic E-state index is -0.842. The van der Waals surface area contributed by atoms with Crippen molar-refractivity contribution < 1.29 is 19.4 Å². The molecule has 2 aliphatic carbocycles. The van der Waals surface area contributed by atoms with Crippen LogP contribution >= 0.6 is 0 Å². The highest BCUT2D eigenvalue weighted by Crippen LogP contribution is 2.49. The van der Waals surface area contributed by atoms with Gasteiger partial charge in [-0.15, -0.1) is 0 Å². The topological polar surface area (TPSA) is 66.8 Å². The molecule has 3 unspecified atom stereocenters. The summed E-state index contributed by atoms with van der Waals surface area (Å²) in [5.41, 5.74) is -0.375. The van der Waals surface area contributed by atoms with Gasteiger partial charge in [-0.25, -0.2) is 0 Å². The number of fused-ring (bicyclic) bond motifs is 2. The van der Waals surface area contributed by atoms with Crippen LogP contribution in [-0.4, -0.2) is 46.7 Å². The number of aliphatic carboxylic acids is 1. The summed E-state index contributed by atoms with van der Waals surface area (Å²) in [6.07, 6.45) is 4.78. The van der Waals surface area contributed by atoms with Gasteiger partial charge in [0.1, 0.15) is 0 Å². The lowest BCUT2D eigenvalue weighted by Crippen LogP contribution is -2.56. The van der Waals surface area contributed by atoms with E-state index in [0.717, 1.165) is 6.42 Å². The van der Waals surface area contributed by atoms with Gasteiger partial charge in [-0.05, 0) is 39.0 Å². The minimum Gasteiger partial charge on any atom is -0.481 e. The van der Waals surface area contributed by atoms with Gasteiger partial charge >= 0.3 is 5.97 Å². The minimum absolute atomic E-state index is 0.0116. The monoisotopic (exact) mass is 293 g/mol. The molecular formula is C16H23NO4. The maximum Gasteiger partial charge on any atom is 0.307 e. The van der Waals surface area contributed by atoms with E-state index in [2.05, 4.69) is 0 Å². The second-order valence-corrected chi connectivity index (χ2v) is 7.25. The molecule has 2 fully saturated rings. The fraction of sp³-hybridized carbons (Fsp3) is 0.750. The van der Waals surface area contributed by atoms with Gasteiger partial charge in [0.05, 0.1) is 23.5 Å². The van der Waals surface area contributed by atoms with Gasteiger partial charge in [0.15, 0.2) is 0 Å². The zero-order valence-electron chi connectivity index (χ0n) is 12.8. The van der Waals surface area contributed by atoms with Crippen LogP contribution in [-0.2, 0) is 14.3 Å². The summed E-state index contributed by atoms with van der Waals surface area (Å²) < 4.78 is 5.83. The number of carboxylic acids is 1. The Bertz CT molecular complexity index is 499. The Balaban J connectivity index is 1.81. The smallest absolute Gasteiger partial charge is 0.307 e. The van der Waals surface area contributed by atoms with Crippen molar-refractivity contribution in [2.75, 3.05) is 13.1 Å². The Kier molecular flexibility index (Phi) is 3.35. The third-order valence-electron chi connectivity index (χ3n) is 4.91.